The molecule has 0 amide bonds. The molecule has 13 unspecified atom stereocenters. The van der Waals surface area contributed by atoms with Gasteiger partial charge in [0.15, 0.2) is 5.78 Å². The molecule has 1 spiro atoms. The number of benzene rings is 1. The maximum atomic E-state index is 14.1. The molecule has 1 saturated heterocycles. The van der Waals surface area contributed by atoms with Crippen molar-refractivity contribution in [2.75, 3.05) is 6.61 Å². The number of aromatic hydroxyl groups is 1. The van der Waals surface area contributed by atoms with Crippen molar-refractivity contribution in [1.82, 2.24) is 0 Å². The van der Waals surface area contributed by atoms with Crippen LogP contribution in [-0.4, -0.2) is 78.6 Å². The number of allylic oxidation sites excluding steroid dienone is 1. The predicted octanol–water partition coefficient (Wildman–Crippen LogP) is 4.24. The summed E-state index contributed by atoms with van der Waals surface area (Å²) in [6, 6.07) is 5.24. The van der Waals surface area contributed by atoms with Gasteiger partial charge in [-0.2, -0.15) is 0 Å². The highest BCUT2D eigenvalue weighted by molar-refractivity contribution is 5.95. The summed E-state index contributed by atoms with van der Waals surface area (Å²) < 4.78 is 6.27. The third-order valence-corrected chi connectivity index (χ3v) is 15.4. The molecule has 6 N–H and O–H groups in total. The standard InChI is InChI=1S/C39H56O8/c1-21(2)22(3)33-34(47-33)36(5,45)30-10-14-39(46)31-20-28(42)27-19-29(43)32(44)26-9-13-37(31,35(26,27)4)15-16-38(30,39)12-8-24-18-25(41)7-6-23(24)11-17-40/h6-7,18,20-22,26-27,29-30,32-34,40-41,43-46H,8-17,19H2,1-5H3. The molecule has 6 aliphatic rings. The molecule has 0 bridgehead atoms. The molecule has 260 valence electrons. The van der Waals surface area contributed by atoms with Gasteiger partial charge in [0.05, 0.1) is 29.5 Å². The lowest BCUT2D eigenvalue weighted by atomic mass is 9.39. The van der Waals surface area contributed by atoms with E-state index in [1.807, 2.05) is 13.0 Å². The summed E-state index contributed by atoms with van der Waals surface area (Å²) in [5.74, 6) is -0.185. The van der Waals surface area contributed by atoms with E-state index >= 15 is 0 Å². The summed E-state index contributed by atoms with van der Waals surface area (Å²) in [6.45, 7) is 10.5. The van der Waals surface area contributed by atoms with Crippen LogP contribution in [-0.2, 0) is 22.4 Å². The first-order chi connectivity index (χ1) is 22.1. The fraction of sp³-hybridized carbons (Fsp3) is 0.769. The topological polar surface area (TPSA) is 151 Å². The highest BCUT2D eigenvalue weighted by atomic mass is 16.6. The predicted molar refractivity (Wildman–Crippen MR) is 176 cm³/mol. The van der Waals surface area contributed by atoms with Crippen molar-refractivity contribution in [2.24, 2.45) is 45.8 Å². The normalized spacial score (nSPS) is 45.6. The fourth-order valence-electron chi connectivity index (χ4n) is 12.5. The molecule has 4 saturated carbocycles. The van der Waals surface area contributed by atoms with E-state index in [0.717, 1.165) is 29.5 Å². The average Bonchev–Trinajstić information content (AvgIpc) is 3.69. The van der Waals surface area contributed by atoms with Crippen molar-refractivity contribution < 1.29 is 40.2 Å². The molecule has 1 aromatic rings. The summed E-state index contributed by atoms with van der Waals surface area (Å²) in [5.41, 5.74) is -1.75. The first-order valence-corrected chi connectivity index (χ1v) is 18.2. The Labute approximate surface area is 279 Å². The molecule has 13 atom stereocenters. The Bertz CT molecular complexity index is 1450. The molecule has 1 heterocycles. The quantitative estimate of drug-likeness (QED) is 0.217. The maximum absolute atomic E-state index is 14.1. The number of fused-ring (bicyclic) bond motifs is 2. The number of phenols is 1. The minimum atomic E-state index is -1.36. The fourth-order valence-corrected chi connectivity index (χ4v) is 12.5. The zero-order chi connectivity index (χ0) is 33.9. The van der Waals surface area contributed by atoms with Gasteiger partial charge in [-0.3, -0.25) is 4.79 Å². The van der Waals surface area contributed by atoms with Gasteiger partial charge in [-0.15, -0.1) is 0 Å². The largest absolute Gasteiger partial charge is 0.508 e. The van der Waals surface area contributed by atoms with Gasteiger partial charge in [-0.1, -0.05) is 33.8 Å². The Hall–Kier alpha value is -1.81. The van der Waals surface area contributed by atoms with E-state index in [2.05, 4.69) is 27.7 Å². The zero-order valence-electron chi connectivity index (χ0n) is 28.8. The maximum Gasteiger partial charge on any atom is 0.159 e. The highest BCUT2D eigenvalue weighted by Crippen LogP contribution is 2.78. The summed E-state index contributed by atoms with van der Waals surface area (Å²) >= 11 is 0. The van der Waals surface area contributed by atoms with Crippen LogP contribution in [0.1, 0.15) is 97.1 Å². The Morgan fingerprint density at radius 2 is 1.79 bits per heavy atom. The number of rotatable bonds is 9. The number of epoxide rings is 1. The smallest absolute Gasteiger partial charge is 0.159 e. The van der Waals surface area contributed by atoms with Gasteiger partial charge < -0.3 is 35.4 Å². The number of carbonyl (C=O) groups excluding carboxylic acids is 1. The highest BCUT2D eigenvalue weighted by Gasteiger charge is 2.78. The van der Waals surface area contributed by atoms with Crippen LogP contribution < -0.4 is 0 Å². The van der Waals surface area contributed by atoms with Gasteiger partial charge in [0.25, 0.3) is 0 Å². The van der Waals surface area contributed by atoms with Gasteiger partial charge in [-0.25, -0.2) is 0 Å². The number of aryl methyl sites for hydroxylation is 1. The van der Waals surface area contributed by atoms with Crippen molar-refractivity contribution in [3.05, 3.63) is 41.0 Å². The van der Waals surface area contributed by atoms with E-state index in [9.17, 15) is 35.4 Å². The number of hydrogen-bond donors (Lipinski definition) is 6. The minimum Gasteiger partial charge on any atom is -0.508 e. The molecule has 8 heteroatoms. The number of aliphatic hydroxyl groups is 5. The zero-order valence-corrected chi connectivity index (χ0v) is 28.8. The van der Waals surface area contributed by atoms with Gasteiger partial charge in [0.2, 0.25) is 0 Å². The number of ketones is 1. The van der Waals surface area contributed by atoms with Crippen molar-refractivity contribution in [3.63, 3.8) is 0 Å². The third kappa shape index (κ3) is 4.43. The van der Waals surface area contributed by atoms with E-state index in [1.165, 1.54) is 0 Å². The van der Waals surface area contributed by atoms with Crippen LogP contribution in [0.25, 0.3) is 0 Å². The molecule has 7 rings (SSSR count). The van der Waals surface area contributed by atoms with Crippen LogP contribution in [0.3, 0.4) is 0 Å². The second-order valence-corrected chi connectivity index (χ2v) is 17.2. The van der Waals surface area contributed by atoms with Gasteiger partial charge in [-0.05, 0) is 135 Å². The molecule has 0 aromatic heterocycles. The van der Waals surface area contributed by atoms with Crippen molar-refractivity contribution in [2.45, 2.75) is 134 Å². The Morgan fingerprint density at radius 1 is 1.04 bits per heavy atom. The lowest BCUT2D eigenvalue weighted by Gasteiger charge is -2.66. The molecule has 1 aliphatic heterocycles. The SMILES string of the molecule is CC(C)C(C)C1OC1C(C)(O)C1CCC2(O)C3=CC(=O)C4CC(O)C(O)C5CCC3(CCC12CCc1cc(O)ccc1CCO)C45C. The van der Waals surface area contributed by atoms with Crippen molar-refractivity contribution in [3.8, 4) is 5.75 Å². The number of phenolic OH excluding ortho intramolecular Hbond substituents is 1. The molecule has 8 nitrogen and oxygen atoms in total. The van der Waals surface area contributed by atoms with Crippen LogP contribution >= 0.6 is 0 Å². The number of carbonyl (C=O) groups is 1. The van der Waals surface area contributed by atoms with Gasteiger partial charge in [0, 0.05) is 23.4 Å². The first kappa shape index (κ1) is 33.7. The summed E-state index contributed by atoms with van der Waals surface area (Å²) in [5, 5.41) is 68.3. The Kier molecular flexibility index (Phi) is 7.95. The summed E-state index contributed by atoms with van der Waals surface area (Å²) in [4.78, 5) is 14.1. The van der Waals surface area contributed by atoms with Gasteiger partial charge >= 0.3 is 0 Å². The van der Waals surface area contributed by atoms with Crippen molar-refractivity contribution in [1.29, 1.82) is 0 Å². The molecule has 0 radical (unpaired) electrons. The molecular weight excluding hydrogens is 596 g/mol. The second kappa shape index (κ2) is 11.1. The van der Waals surface area contributed by atoms with Crippen molar-refractivity contribution >= 4 is 5.78 Å². The minimum absolute atomic E-state index is 0.0163. The third-order valence-electron chi connectivity index (χ3n) is 15.4. The summed E-state index contributed by atoms with van der Waals surface area (Å²) in [6.07, 6.45) is 5.09. The van der Waals surface area contributed by atoms with Crippen LogP contribution in [0.15, 0.2) is 29.8 Å². The Morgan fingerprint density at radius 3 is 2.49 bits per heavy atom. The lowest BCUT2D eigenvalue weighted by molar-refractivity contribution is -0.193. The monoisotopic (exact) mass is 652 g/mol. The number of ether oxygens (including phenoxy) is 1. The summed E-state index contributed by atoms with van der Waals surface area (Å²) in [7, 11) is 0. The molecule has 5 fully saturated rings. The van der Waals surface area contributed by atoms with E-state index in [0.29, 0.717) is 50.9 Å². The van der Waals surface area contributed by atoms with E-state index in [4.69, 9.17) is 4.74 Å². The van der Waals surface area contributed by atoms with Crippen LogP contribution in [0.2, 0.25) is 0 Å². The van der Waals surface area contributed by atoms with Crippen LogP contribution in [0, 0.1) is 45.8 Å². The van der Waals surface area contributed by atoms with E-state index < -0.39 is 45.6 Å². The van der Waals surface area contributed by atoms with Gasteiger partial charge in [0.1, 0.15) is 11.9 Å². The molecular formula is C39H56O8. The molecule has 47 heavy (non-hydrogen) atoms. The molecule has 1 aromatic carbocycles. The molecule has 5 aliphatic carbocycles. The number of aliphatic hydroxyl groups excluding tert-OH is 3. The van der Waals surface area contributed by atoms with E-state index in [-0.39, 0.29) is 54.5 Å². The Balaban J connectivity index is 1.33. The second-order valence-electron chi connectivity index (χ2n) is 17.2. The lowest BCUT2D eigenvalue weighted by Crippen LogP contribution is -2.67. The van der Waals surface area contributed by atoms with Crippen LogP contribution in [0.5, 0.6) is 5.75 Å². The first-order valence-electron chi connectivity index (χ1n) is 18.2. The number of hydrogen-bond acceptors (Lipinski definition) is 8. The van der Waals surface area contributed by atoms with Crippen LogP contribution in [0.4, 0.5) is 0 Å². The van der Waals surface area contributed by atoms with E-state index in [1.54, 1.807) is 18.2 Å². The average molecular weight is 653 g/mol.